The first kappa shape index (κ1) is 27.0. The molecular formula is C24H22F6N6O2. The molecule has 1 aliphatic heterocycles. The van der Waals surface area contributed by atoms with Crippen molar-refractivity contribution < 1.29 is 35.9 Å². The highest BCUT2D eigenvalue weighted by Gasteiger charge is 2.37. The number of urea groups is 1. The van der Waals surface area contributed by atoms with Gasteiger partial charge in [0, 0.05) is 36.2 Å². The van der Waals surface area contributed by atoms with Gasteiger partial charge in [0.2, 0.25) is 0 Å². The third kappa shape index (κ3) is 7.03. The molecule has 202 valence electrons. The Labute approximate surface area is 213 Å². The van der Waals surface area contributed by atoms with Gasteiger partial charge in [0.25, 0.3) is 0 Å². The zero-order chi connectivity index (χ0) is 27.5. The van der Waals surface area contributed by atoms with E-state index < -0.39 is 35.2 Å². The lowest BCUT2D eigenvalue weighted by Crippen LogP contribution is -2.36. The van der Waals surface area contributed by atoms with Gasteiger partial charge in [-0.1, -0.05) is 6.07 Å². The molecule has 3 aromatic rings. The fraction of sp³-hybridized carbons (Fsp3) is 0.292. The molecule has 0 bridgehead atoms. The largest absolute Gasteiger partial charge is 0.416 e. The lowest BCUT2D eigenvalue weighted by atomic mass is 10.1. The minimum absolute atomic E-state index is 0.0163. The molecular weight excluding hydrogens is 518 g/mol. The third-order valence-electron chi connectivity index (χ3n) is 5.40. The number of halogens is 6. The number of nitrogens with one attached hydrogen (secondary N) is 3. The molecule has 14 heteroatoms. The molecule has 0 atom stereocenters. The van der Waals surface area contributed by atoms with Crippen molar-refractivity contribution in [3.05, 3.63) is 65.5 Å². The molecule has 0 aliphatic carbocycles. The Morgan fingerprint density at radius 1 is 0.842 bits per heavy atom. The summed E-state index contributed by atoms with van der Waals surface area (Å²) in [6.45, 7) is 4.27. The van der Waals surface area contributed by atoms with E-state index >= 15 is 0 Å². The maximum atomic E-state index is 13.1. The van der Waals surface area contributed by atoms with Gasteiger partial charge in [0.05, 0.1) is 24.3 Å². The fourth-order valence-corrected chi connectivity index (χ4v) is 3.71. The summed E-state index contributed by atoms with van der Waals surface area (Å²) in [4.78, 5) is 23.3. The fourth-order valence-electron chi connectivity index (χ4n) is 3.71. The summed E-state index contributed by atoms with van der Waals surface area (Å²) in [5.74, 6) is 1.74. The second kappa shape index (κ2) is 10.7. The third-order valence-corrected chi connectivity index (χ3v) is 5.40. The monoisotopic (exact) mass is 540 g/mol. The van der Waals surface area contributed by atoms with E-state index in [1.807, 2.05) is 5.32 Å². The highest BCUT2D eigenvalue weighted by molar-refractivity contribution is 6.00. The minimum atomic E-state index is -5.03. The number of aryl methyl sites for hydroxylation is 1. The van der Waals surface area contributed by atoms with Gasteiger partial charge in [-0.15, -0.1) is 0 Å². The van der Waals surface area contributed by atoms with E-state index in [-0.39, 0.29) is 11.8 Å². The molecule has 0 unspecified atom stereocenters. The lowest BCUT2D eigenvalue weighted by molar-refractivity contribution is -0.143. The van der Waals surface area contributed by atoms with Crippen LogP contribution in [0.1, 0.15) is 17.0 Å². The Bertz CT molecular complexity index is 1280. The number of hydrogen-bond acceptors (Lipinski definition) is 6. The number of aromatic nitrogens is 2. The van der Waals surface area contributed by atoms with Crippen LogP contribution < -0.4 is 20.9 Å². The van der Waals surface area contributed by atoms with Crippen LogP contribution in [-0.4, -0.2) is 42.3 Å². The second-order valence-corrected chi connectivity index (χ2v) is 8.34. The summed E-state index contributed by atoms with van der Waals surface area (Å²) in [7, 11) is 0. The van der Waals surface area contributed by atoms with Gasteiger partial charge < -0.3 is 25.6 Å². The highest BCUT2D eigenvalue weighted by Crippen LogP contribution is 2.37. The first-order valence-corrected chi connectivity index (χ1v) is 11.3. The van der Waals surface area contributed by atoms with Gasteiger partial charge in [0.15, 0.2) is 0 Å². The quantitative estimate of drug-likeness (QED) is 0.342. The maximum Gasteiger partial charge on any atom is 0.416 e. The molecule has 2 aromatic carbocycles. The highest BCUT2D eigenvalue weighted by atomic mass is 19.4. The number of alkyl halides is 6. The van der Waals surface area contributed by atoms with E-state index in [0.717, 1.165) is 5.82 Å². The molecule has 2 amide bonds. The van der Waals surface area contributed by atoms with Crippen LogP contribution in [0, 0.1) is 6.92 Å². The Balaban J connectivity index is 1.47. The second-order valence-electron chi connectivity index (χ2n) is 8.34. The van der Waals surface area contributed by atoms with Crippen molar-refractivity contribution in [1.82, 2.24) is 9.97 Å². The number of benzene rings is 2. The van der Waals surface area contributed by atoms with Crippen LogP contribution in [0.5, 0.6) is 0 Å². The molecule has 38 heavy (non-hydrogen) atoms. The molecule has 0 saturated carbocycles. The summed E-state index contributed by atoms with van der Waals surface area (Å²) in [6, 6.07) is 7.89. The predicted octanol–water partition coefficient (Wildman–Crippen LogP) is 6.05. The van der Waals surface area contributed by atoms with Crippen molar-refractivity contribution in [3.63, 3.8) is 0 Å². The summed E-state index contributed by atoms with van der Waals surface area (Å²) in [5.41, 5.74) is -2.98. The number of carbonyl (C=O) groups excluding carboxylic acids is 1. The molecule has 1 aromatic heterocycles. The number of hydrogen-bond donors (Lipinski definition) is 3. The average Bonchev–Trinajstić information content (AvgIpc) is 2.83. The van der Waals surface area contributed by atoms with Gasteiger partial charge in [0.1, 0.15) is 17.5 Å². The average molecular weight is 540 g/mol. The number of ether oxygens (including phenoxy) is 1. The standard InChI is InChI=1S/C24H22F6N6O2/c1-14-31-20(13-21(32-14)36-5-7-38-8-6-36)33-17-3-2-4-18(12-17)34-22(37)35-19-10-15(23(25,26)27)9-16(11-19)24(28,29)30/h2-4,9-13H,5-8H2,1H3,(H,31,32,33)(H2,34,35,37). The number of carbonyl (C=O) groups is 1. The van der Waals surface area contributed by atoms with Crippen LogP contribution >= 0.6 is 0 Å². The van der Waals surface area contributed by atoms with Crippen molar-refractivity contribution in [2.45, 2.75) is 19.3 Å². The Morgan fingerprint density at radius 2 is 1.45 bits per heavy atom. The summed E-state index contributed by atoms with van der Waals surface area (Å²) >= 11 is 0. The van der Waals surface area contributed by atoms with E-state index in [1.54, 1.807) is 25.1 Å². The van der Waals surface area contributed by atoms with Crippen molar-refractivity contribution in [2.24, 2.45) is 0 Å². The molecule has 8 nitrogen and oxygen atoms in total. The van der Waals surface area contributed by atoms with E-state index in [1.165, 1.54) is 12.1 Å². The van der Waals surface area contributed by atoms with E-state index in [0.29, 0.717) is 55.8 Å². The molecule has 1 aliphatic rings. The normalized spacial score (nSPS) is 14.2. The number of nitrogens with zero attached hydrogens (tertiary/aromatic N) is 3. The number of rotatable bonds is 5. The van der Waals surface area contributed by atoms with Crippen LogP contribution in [0.2, 0.25) is 0 Å². The SMILES string of the molecule is Cc1nc(Nc2cccc(NC(=O)Nc3cc(C(F)(F)F)cc(C(F)(F)F)c3)c2)cc(N2CCOCC2)n1. The van der Waals surface area contributed by atoms with E-state index in [4.69, 9.17) is 4.74 Å². The van der Waals surface area contributed by atoms with Crippen molar-refractivity contribution in [1.29, 1.82) is 0 Å². The molecule has 3 N–H and O–H groups in total. The van der Waals surface area contributed by atoms with Crippen molar-refractivity contribution in [3.8, 4) is 0 Å². The van der Waals surface area contributed by atoms with Gasteiger partial charge in [-0.25, -0.2) is 14.8 Å². The zero-order valence-electron chi connectivity index (χ0n) is 19.9. The predicted molar refractivity (Wildman–Crippen MR) is 129 cm³/mol. The zero-order valence-corrected chi connectivity index (χ0v) is 19.9. The van der Waals surface area contributed by atoms with Crippen LogP contribution in [0.25, 0.3) is 0 Å². The van der Waals surface area contributed by atoms with Gasteiger partial charge in [-0.2, -0.15) is 26.3 Å². The number of anilines is 5. The number of amides is 2. The molecule has 1 fully saturated rings. The van der Waals surface area contributed by atoms with Gasteiger partial charge in [-0.3, -0.25) is 0 Å². The van der Waals surface area contributed by atoms with E-state index in [9.17, 15) is 31.1 Å². The molecule has 2 heterocycles. The molecule has 4 rings (SSSR count). The van der Waals surface area contributed by atoms with Crippen LogP contribution in [0.3, 0.4) is 0 Å². The lowest BCUT2D eigenvalue weighted by Gasteiger charge is -2.28. The minimum Gasteiger partial charge on any atom is -0.378 e. The molecule has 0 spiro atoms. The Kier molecular flexibility index (Phi) is 7.62. The molecule has 0 radical (unpaired) electrons. The Hall–Kier alpha value is -4.07. The summed E-state index contributed by atoms with van der Waals surface area (Å²) in [6.07, 6.45) is -10.1. The summed E-state index contributed by atoms with van der Waals surface area (Å²) in [5, 5.41) is 7.53. The Morgan fingerprint density at radius 3 is 2.08 bits per heavy atom. The van der Waals surface area contributed by atoms with Crippen LogP contribution in [0.4, 0.5) is 59.8 Å². The van der Waals surface area contributed by atoms with Crippen molar-refractivity contribution >= 4 is 34.7 Å². The first-order valence-electron chi connectivity index (χ1n) is 11.3. The first-order chi connectivity index (χ1) is 17.9. The molecule has 1 saturated heterocycles. The van der Waals surface area contributed by atoms with Crippen molar-refractivity contribution in [2.75, 3.05) is 47.2 Å². The van der Waals surface area contributed by atoms with Crippen LogP contribution in [0.15, 0.2) is 48.5 Å². The van der Waals surface area contributed by atoms with E-state index in [2.05, 4.69) is 25.5 Å². The van der Waals surface area contributed by atoms with Gasteiger partial charge >= 0.3 is 18.4 Å². The topological polar surface area (TPSA) is 91.4 Å². The number of morpholine rings is 1. The summed E-state index contributed by atoms with van der Waals surface area (Å²) < 4.78 is 83.8. The maximum absolute atomic E-state index is 13.1. The van der Waals surface area contributed by atoms with Gasteiger partial charge in [-0.05, 0) is 43.3 Å². The smallest absolute Gasteiger partial charge is 0.378 e. The van der Waals surface area contributed by atoms with Crippen LogP contribution in [-0.2, 0) is 17.1 Å².